The normalized spacial score (nSPS) is 27.7. The maximum Gasteiger partial charge on any atom is 0.168 e. The lowest BCUT2D eigenvalue weighted by Crippen LogP contribution is -2.31. The SMILES string of the molecule is CCCCC[C@H]1CC[C@H](CCC2(CCC(C)C#N)OCCO2)CC1. The first-order chi connectivity index (χ1) is 11.7. The molecule has 24 heavy (non-hydrogen) atoms. The van der Waals surface area contributed by atoms with Crippen LogP contribution in [0.15, 0.2) is 0 Å². The fraction of sp³-hybridized carbons (Fsp3) is 0.952. The van der Waals surface area contributed by atoms with E-state index >= 15 is 0 Å². The largest absolute Gasteiger partial charge is 0.348 e. The van der Waals surface area contributed by atoms with Crippen LogP contribution in [0.3, 0.4) is 0 Å². The summed E-state index contributed by atoms with van der Waals surface area (Å²) in [5, 5.41) is 9.00. The molecule has 1 aliphatic carbocycles. The first-order valence-electron chi connectivity index (χ1n) is 10.3. The van der Waals surface area contributed by atoms with Gasteiger partial charge in [-0.25, -0.2) is 0 Å². The van der Waals surface area contributed by atoms with Crippen molar-refractivity contribution in [3.8, 4) is 6.07 Å². The van der Waals surface area contributed by atoms with Crippen LogP contribution in [0.25, 0.3) is 0 Å². The van der Waals surface area contributed by atoms with Gasteiger partial charge in [-0.15, -0.1) is 0 Å². The molecule has 3 heteroatoms. The molecule has 2 rings (SSSR count). The van der Waals surface area contributed by atoms with E-state index in [0.717, 1.165) is 31.1 Å². The van der Waals surface area contributed by atoms with Crippen LogP contribution >= 0.6 is 0 Å². The average Bonchev–Trinajstić information content (AvgIpc) is 3.08. The molecular formula is C21H37NO2. The van der Waals surface area contributed by atoms with Crippen LogP contribution in [0, 0.1) is 29.1 Å². The molecule has 1 unspecified atom stereocenters. The molecule has 0 aromatic heterocycles. The highest BCUT2D eigenvalue weighted by molar-refractivity contribution is 4.84. The van der Waals surface area contributed by atoms with Gasteiger partial charge in [-0.3, -0.25) is 0 Å². The highest BCUT2D eigenvalue weighted by atomic mass is 16.7. The van der Waals surface area contributed by atoms with E-state index < -0.39 is 0 Å². The summed E-state index contributed by atoms with van der Waals surface area (Å²) in [5.41, 5.74) is 0. The van der Waals surface area contributed by atoms with Gasteiger partial charge >= 0.3 is 0 Å². The van der Waals surface area contributed by atoms with E-state index in [0.29, 0.717) is 13.2 Å². The average molecular weight is 336 g/mol. The second-order valence-electron chi connectivity index (χ2n) is 8.10. The Labute approximate surface area is 149 Å². The third kappa shape index (κ3) is 6.37. The third-order valence-electron chi connectivity index (χ3n) is 6.11. The fourth-order valence-corrected chi connectivity index (χ4v) is 4.33. The quantitative estimate of drug-likeness (QED) is 0.471. The van der Waals surface area contributed by atoms with Gasteiger partial charge < -0.3 is 9.47 Å². The number of unbranched alkanes of at least 4 members (excludes halogenated alkanes) is 2. The molecule has 138 valence electrons. The molecular weight excluding hydrogens is 298 g/mol. The second-order valence-corrected chi connectivity index (χ2v) is 8.10. The highest BCUT2D eigenvalue weighted by Gasteiger charge is 2.37. The van der Waals surface area contributed by atoms with Crippen molar-refractivity contribution in [1.82, 2.24) is 0 Å². The third-order valence-corrected chi connectivity index (χ3v) is 6.11. The summed E-state index contributed by atoms with van der Waals surface area (Å²) >= 11 is 0. The van der Waals surface area contributed by atoms with Crippen molar-refractivity contribution < 1.29 is 9.47 Å². The Hall–Kier alpha value is -0.590. The first kappa shape index (κ1) is 19.7. The van der Waals surface area contributed by atoms with Crippen LogP contribution in [0.4, 0.5) is 0 Å². The van der Waals surface area contributed by atoms with Gasteiger partial charge in [0.1, 0.15) is 0 Å². The first-order valence-corrected chi connectivity index (χ1v) is 10.3. The molecule has 3 nitrogen and oxygen atoms in total. The van der Waals surface area contributed by atoms with Crippen LogP contribution in [-0.2, 0) is 9.47 Å². The van der Waals surface area contributed by atoms with E-state index in [-0.39, 0.29) is 11.7 Å². The minimum absolute atomic E-state index is 0.0910. The summed E-state index contributed by atoms with van der Waals surface area (Å²) in [6, 6.07) is 2.33. The fourth-order valence-electron chi connectivity index (χ4n) is 4.33. The molecule has 1 saturated heterocycles. The van der Waals surface area contributed by atoms with Crippen molar-refractivity contribution in [1.29, 1.82) is 5.26 Å². The molecule has 1 saturated carbocycles. The molecule has 0 spiro atoms. The van der Waals surface area contributed by atoms with Crippen molar-refractivity contribution in [3.05, 3.63) is 0 Å². The minimum Gasteiger partial charge on any atom is -0.348 e. The van der Waals surface area contributed by atoms with E-state index in [1.165, 1.54) is 57.8 Å². The lowest BCUT2D eigenvalue weighted by atomic mass is 9.77. The predicted molar refractivity (Wildman–Crippen MR) is 97.5 cm³/mol. The Morgan fingerprint density at radius 1 is 1.00 bits per heavy atom. The van der Waals surface area contributed by atoms with Gasteiger partial charge in [-0.1, -0.05) is 58.3 Å². The molecule has 2 fully saturated rings. The molecule has 0 aromatic carbocycles. The summed E-state index contributed by atoms with van der Waals surface area (Å²) in [6.07, 6.45) is 15.2. The number of nitrogens with zero attached hydrogens (tertiary/aromatic N) is 1. The number of rotatable bonds is 10. The van der Waals surface area contributed by atoms with Crippen molar-refractivity contribution in [2.24, 2.45) is 17.8 Å². The zero-order valence-electron chi connectivity index (χ0n) is 15.9. The molecule has 1 heterocycles. The Morgan fingerprint density at radius 3 is 2.21 bits per heavy atom. The Balaban J connectivity index is 1.68. The maximum absolute atomic E-state index is 9.00. The summed E-state index contributed by atoms with van der Waals surface area (Å²) in [6.45, 7) is 5.70. The molecule has 1 aliphatic heterocycles. The standard InChI is InChI=1S/C21H37NO2/c1-3-4-5-6-19-7-9-20(10-8-19)12-14-21(23-15-16-24-21)13-11-18(2)17-22/h18-20H,3-16H2,1-2H3/t18?,19-,20-. The van der Waals surface area contributed by atoms with Crippen LogP contribution in [0.5, 0.6) is 0 Å². The zero-order valence-corrected chi connectivity index (χ0v) is 15.9. The molecule has 1 atom stereocenters. The minimum atomic E-state index is -0.386. The Morgan fingerprint density at radius 2 is 1.62 bits per heavy atom. The van der Waals surface area contributed by atoms with Gasteiger partial charge in [0.25, 0.3) is 0 Å². The second kappa shape index (κ2) is 10.4. The topological polar surface area (TPSA) is 42.2 Å². The van der Waals surface area contributed by atoms with Gasteiger partial charge in [0.2, 0.25) is 0 Å². The van der Waals surface area contributed by atoms with E-state index in [9.17, 15) is 0 Å². The number of hydrogen-bond donors (Lipinski definition) is 0. The Kier molecular flexibility index (Phi) is 8.56. The van der Waals surface area contributed by atoms with E-state index in [1.54, 1.807) is 0 Å². The molecule has 0 bridgehead atoms. The van der Waals surface area contributed by atoms with Gasteiger partial charge in [0, 0.05) is 18.8 Å². The molecule has 0 amide bonds. The molecule has 0 aromatic rings. The lowest BCUT2D eigenvalue weighted by molar-refractivity contribution is -0.171. The molecule has 0 radical (unpaired) electrons. The van der Waals surface area contributed by atoms with Gasteiger partial charge in [-0.05, 0) is 31.6 Å². The smallest absolute Gasteiger partial charge is 0.168 e. The zero-order chi connectivity index (χ0) is 17.3. The van der Waals surface area contributed by atoms with Gasteiger partial charge in [0.05, 0.1) is 19.3 Å². The molecule has 0 N–H and O–H groups in total. The van der Waals surface area contributed by atoms with Crippen LogP contribution in [0.2, 0.25) is 0 Å². The van der Waals surface area contributed by atoms with Crippen molar-refractivity contribution in [2.75, 3.05) is 13.2 Å². The van der Waals surface area contributed by atoms with E-state index in [2.05, 4.69) is 13.0 Å². The number of nitriles is 1. The number of hydrogen-bond acceptors (Lipinski definition) is 3. The Bertz CT molecular complexity index is 376. The monoisotopic (exact) mass is 335 g/mol. The van der Waals surface area contributed by atoms with Crippen molar-refractivity contribution in [2.45, 2.75) is 96.7 Å². The summed E-state index contributed by atoms with van der Waals surface area (Å²) in [7, 11) is 0. The van der Waals surface area contributed by atoms with Crippen LogP contribution < -0.4 is 0 Å². The number of ether oxygens (including phenoxy) is 2. The van der Waals surface area contributed by atoms with Gasteiger partial charge in [-0.2, -0.15) is 5.26 Å². The highest BCUT2D eigenvalue weighted by Crippen LogP contribution is 2.38. The van der Waals surface area contributed by atoms with Crippen molar-refractivity contribution >= 4 is 0 Å². The summed E-state index contributed by atoms with van der Waals surface area (Å²) in [4.78, 5) is 0. The van der Waals surface area contributed by atoms with Crippen LogP contribution in [0.1, 0.15) is 90.9 Å². The van der Waals surface area contributed by atoms with E-state index in [4.69, 9.17) is 14.7 Å². The van der Waals surface area contributed by atoms with Crippen molar-refractivity contribution in [3.63, 3.8) is 0 Å². The summed E-state index contributed by atoms with van der Waals surface area (Å²) < 4.78 is 12.0. The van der Waals surface area contributed by atoms with E-state index in [1.807, 2.05) is 6.92 Å². The van der Waals surface area contributed by atoms with Gasteiger partial charge in [0.15, 0.2) is 5.79 Å². The maximum atomic E-state index is 9.00. The lowest BCUT2D eigenvalue weighted by Gasteiger charge is -2.33. The molecule has 2 aliphatic rings. The predicted octanol–water partition coefficient (Wildman–Crippen LogP) is 5.84. The summed E-state index contributed by atoms with van der Waals surface area (Å²) in [5.74, 6) is 1.54. The van der Waals surface area contributed by atoms with Crippen LogP contribution in [-0.4, -0.2) is 19.0 Å².